The second-order valence-corrected chi connectivity index (χ2v) is 6.83. The number of anilines is 1. The van der Waals surface area contributed by atoms with Crippen molar-refractivity contribution in [2.45, 2.75) is 13.3 Å². The highest BCUT2D eigenvalue weighted by Crippen LogP contribution is 2.23. The fraction of sp³-hybridized carbons (Fsp3) is 0.190. The lowest BCUT2D eigenvalue weighted by atomic mass is 10.2. The third-order valence-electron chi connectivity index (χ3n) is 3.81. The van der Waals surface area contributed by atoms with Gasteiger partial charge in [0.25, 0.3) is 0 Å². The van der Waals surface area contributed by atoms with Crippen LogP contribution in [-0.2, 0) is 16.0 Å². The third-order valence-corrected chi connectivity index (χ3v) is 4.75. The number of nitrogens with one attached hydrogen (secondary N) is 2. The minimum Gasteiger partial charge on any atom is -0.494 e. The van der Waals surface area contributed by atoms with Gasteiger partial charge in [-0.1, -0.05) is 30.3 Å². The van der Waals surface area contributed by atoms with Gasteiger partial charge in [-0.3, -0.25) is 9.59 Å². The van der Waals surface area contributed by atoms with Crippen LogP contribution in [0.1, 0.15) is 12.6 Å². The van der Waals surface area contributed by atoms with Crippen molar-refractivity contribution in [3.63, 3.8) is 0 Å². The van der Waals surface area contributed by atoms with Gasteiger partial charge in [-0.05, 0) is 31.2 Å². The van der Waals surface area contributed by atoms with E-state index in [1.807, 2.05) is 42.6 Å². The number of aromatic nitrogens is 1. The van der Waals surface area contributed by atoms with Gasteiger partial charge in [-0.15, -0.1) is 11.3 Å². The quantitative estimate of drug-likeness (QED) is 0.612. The van der Waals surface area contributed by atoms with E-state index < -0.39 is 0 Å². The molecule has 2 aromatic carbocycles. The average molecular weight is 395 g/mol. The molecule has 1 aromatic heterocycles. The summed E-state index contributed by atoms with van der Waals surface area (Å²) in [5, 5.41) is 8.09. The molecule has 2 amide bonds. The Balaban J connectivity index is 1.45. The maximum atomic E-state index is 12.1. The molecule has 0 aliphatic rings. The molecule has 0 bridgehead atoms. The maximum absolute atomic E-state index is 12.1. The van der Waals surface area contributed by atoms with Crippen LogP contribution in [0.15, 0.2) is 60.0 Å². The number of carbonyl (C=O) groups is 2. The predicted octanol–water partition coefficient (Wildman–Crippen LogP) is 3.51. The lowest BCUT2D eigenvalue weighted by Gasteiger charge is -2.08. The Morgan fingerprint density at radius 1 is 1.04 bits per heavy atom. The Morgan fingerprint density at radius 2 is 1.79 bits per heavy atom. The first-order valence-electron chi connectivity index (χ1n) is 8.93. The molecular weight excluding hydrogens is 374 g/mol. The van der Waals surface area contributed by atoms with Gasteiger partial charge < -0.3 is 15.4 Å². The molecule has 1 heterocycles. The summed E-state index contributed by atoms with van der Waals surface area (Å²) in [6.45, 7) is 2.40. The predicted molar refractivity (Wildman–Crippen MR) is 111 cm³/mol. The number of ether oxygens (including phenoxy) is 1. The lowest BCUT2D eigenvalue weighted by molar-refractivity contribution is -0.123. The lowest BCUT2D eigenvalue weighted by Crippen LogP contribution is -2.33. The van der Waals surface area contributed by atoms with Crippen LogP contribution in [-0.4, -0.2) is 29.9 Å². The third kappa shape index (κ3) is 5.65. The van der Waals surface area contributed by atoms with Crippen LogP contribution >= 0.6 is 11.3 Å². The summed E-state index contributed by atoms with van der Waals surface area (Å²) in [5.74, 6) is 0.208. The number of hydrogen-bond donors (Lipinski definition) is 2. The molecule has 144 valence electrons. The van der Waals surface area contributed by atoms with E-state index in [0.29, 0.717) is 18.0 Å². The van der Waals surface area contributed by atoms with Gasteiger partial charge in [0.2, 0.25) is 11.8 Å². The molecule has 6 nitrogen and oxygen atoms in total. The zero-order valence-electron chi connectivity index (χ0n) is 15.5. The van der Waals surface area contributed by atoms with E-state index in [1.165, 1.54) is 11.3 Å². The second kappa shape index (κ2) is 9.66. The number of thiazole rings is 1. The largest absolute Gasteiger partial charge is 0.494 e. The molecule has 0 unspecified atom stereocenters. The molecule has 0 saturated carbocycles. The molecule has 28 heavy (non-hydrogen) atoms. The maximum Gasteiger partial charge on any atom is 0.243 e. The molecule has 0 aliphatic carbocycles. The highest BCUT2D eigenvalue weighted by molar-refractivity contribution is 7.13. The number of carbonyl (C=O) groups excluding carboxylic acids is 2. The Bertz CT molecular complexity index is 924. The normalized spacial score (nSPS) is 10.3. The molecule has 2 N–H and O–H groups in total. The number of rotatable bonds is 8. The van der Waals surface area contributed by atoms with E-state index in [-0.39, 0.29) is 24.8 Å². The minimum atomic E-state index is -0.291. The zero-order valence-corrected chi connectivity index (χ0v) is 16.3. The van der Waals surface area contributed by atoms with Crippen molar-refractivity contribution >= 4 is 28.8 Å². The van der Waals surface area contributed by atoms with Crippen molar-refractivity contribution in [2.75, 3.05) is 18.5 Å². The first-order valence-corrected chi connectivity index (χ1v) is 9.81. The summed E-state index contributed by atoms with van der Waals surface area (Å²) >= 11 is 1.49. The Hall–Kier alpha value is -3.19. The van der Waals surface area contributed by atoms with Crippen LogP contribution in [0, 0.1) is 0 Å². The van der Waals surface area contributed by atoms with Crippen molar-refractivity contribution in [1.82, 2.24) is 10.3 Å². The molecule has 0 radical (unpaired) electrons. The highest BCUT2D eigenvalue weighted by Gasteiger charge is 2.10. The monoisotopic (exact) mass is 395 g/mol. The summed E-state index contributed by atoms with van der Waals surface area (Å²) in [6.07, 6.45) is 0.139. The molecule has 0 fully saturated rings. The first-order chi connectivity index (χ1) is 13.6. The number of benzene rings is 2. The second-order valence-electron chi connectivity index (χ2n) is 5.97. The Kier molecular flexibility index (Phi) is 6.75. The molecule has 0 spiro atoms. The van der Waals surface area contributed by atoms with Gasteiger partial charge in [-0.25, -0.2) is 4.98 Å². The van der Waals surface area contributed by atoms with E-state index >= 15 is 0 Å². The van der Waals surface area contributed by atoms with Crippen molar-refractivity contribution in [3.05, 3.63) is 65.7 Å². The van der Waals surface area contributed by atoms with E-state index in [9.17, 15) is 9.59 Å². The highest BCUT2D eigenvalue weighted by atomic mass is 32.1. The van der Waals surface area contributed by atoms with Crippen LogP contribution < -0.4 is 15.4 Å². The molecular formula is C21H21N3O3S. The van der Waals surface area contributed by atoms with Gasteiger partial charge in [0, 0.05) is 16.6 Å². The van der Waals surface area contributed by atoms with Gasteiger partial charge >= 0.3 is 0 Å². The summed E-state index contributed by atoms with van der Waals surface area (Å²) in [6, 6.07) is 16.9. The number of nitrogens with zero attached hydrogens (tertiary/aromatic N) is 1. The van der Waals surface area contributed by atoms with Crippen molar-refractivity contribution in [3.8, 4) is 16.3 Å². The number of hydrogen-bond acceptors (Lipinski definition) is 5. The van der Waals surface area contributed by atoms with E-state index in [2.05, 4.69) is 15.6 Å². The van der Waals surface area contributed by atoms with Crippen LogP contribution in [0.3, 0.4) is 0 Å². The smallest absolute Gasteiger partial charge is 0.243 e. The SMILES string of the molecule is CCOc1ccc(NC(=O)CNC(=O)Cc2csc(-c3ccccc3)n2)cc1. The summed E-state index contributed by atoms with van der Waals surface area (Å²) in [7, 11) is 0. The van der Waals surface area contributed by atoms with Crippen LogP contribution in [0.2, 0.25) is 0 Å². The van der Waals surface area contributed by atoms with Gasteiger partial charge in [0.15, 0.2) is 0 Å². The van der Waals surface area contributed by atoms with Gasteiger partial charge in [0.05, 0.1) is 25.3 Å². The number of amides is 2. The summed E-state index contributed by atoms with van der Waals surface area (Å²) < 4.78 is 5.36. The van der Waals surface area contributed by atoms with Crippen LogP contribution in [0.4, 0.5) is 5.69 Å². The molecule has 3 rings (SSSR count). The van der Waals surface area contributed by atoms with E-state index in [4.69, 9.17) is 4.74 Å². The molecule has 7 heteroatoms. The van der Waals surface area contributed by atoms with Crippen LogP contribution in [0.5, 0.6) is 5.75 Å². The van der Waals surface area contributed by atoms with E-state index in [1.54, 1.807) is 24.3 Å². The molecule has 0 saturated heterocycles. The topological polar surface area (TPSA) is 80.3 Å². The summed E-state index contributed by atoms with van der Waals surface area (Å²) in [4.78, 5) is 28.6. The van der Waals surface area contributed by atoms with Crippen molar-refractivity contribution in [2.24, 2.45) is 0 Å². The zero-order chi connectivity index (χ0) is 19.8. The van der Waals surface area contributed by atoms with Crippen LogP contribution in [0.25, 0.3) is 10.6 Å². The van der Waals surface area contributed by atoms with Crippen molar-refractivity contribution < 1.29 is 14.3 Å². The fourth-order valence-corrected chi connectivity index (χ4v) is 3.34. The molecule has 3 aromatic rings. The first kappa shape index (κ1) is 19.6. The Morgan fingerprint density at radius 3 is 2.50 bits per heavy atom. The average Bonchev–Trinajstić information content (AvgIpc) is 3.17. The molecule has 0 aliphatic heterocycles. The van der Waals surface area contributed by atoms with E-state index in [0.717, 1.165) is 16.3 Å². The standard InChI is InChI=1S/C21H21N3O3S/c1-2-27-18-10-8-16(9-11-18)23-20(26)13-22-19(25)12-17-14-28-21(24-17)15-6-4-3-5-7-15/h3-11,14H,2,12-13H2,1H3,(H,22,25)(H,23,26). The van der Waals surface area contributed by atoms with Gasteiger partial charge in [0.1, 0.15) is 10.8 Å². The fourth-order valence-electron chi connectivity index (χ4n) is 2.51. The molecule has 0 atom stereocenters. The van der Waals surface area contributed by atoms with Gasteiger partial charge in [-0.2, -0.15) is 0 Å². The van der Waals surface area contributed by atoms with Crippen molar-refractivity contribution in [1.29, 1.82) is 0 Å². The Labute approximate surface area is 167 Å². The summed E-state index contributed by atoms with van der Waals surface area (Å²) in [5.41, 5.74) is 2.36. The minimum absolute atomic E-state index is 0.0955.